The van der Waals surface area contributed by atoms with Gasteiger partial charge in [0.2, 0.25) is 0 Å². The van der Waals surface area contributed by atoms with E-state index in [1.54, 1.807) is 0 Å². The molecule has 0 aromatic rings. The van der Waals surface area contributed by atoms with E-state index in [9.17, 15) is 0 Å². The molecule has 0 aromatic heterocycles. The fourth-order valence-corrected chi connectivity index (χ4v) is 2.57. The van der Waals surface area contributed by atoms with Crippen molar-refractivity contribution in [1.29, 1.82) is 0 Å². The maximum Gasteiger partial charge on any atom is -0.0471 e. The van der Waals surface area contributed by atoms with Gasteiger partial charge in [-0.2, -0.15) is 0 Å². The fourth-order valence-electron chi connectivity index (χ4n) is 2.57. The summed E-state index contributed by atoms with van der Waals surface area (Å²) in [6, 6.07) is 0. The van der Waals surface area contributed by atoms with Gasteiger partial charge in [-0.1, -0.05) is 111 Å². The van der Waals surface area contributed by atoms with E-state index in [2.05, 4.69) is 26.7 Å². The van der Waals surface area contributed by atoms with Gasteiger partial charge in [0, 0.05) is 0 Å². The zero-order chi connectivity index (χ0) is 15.5. The van der Waals surface area contributed by atoms with Gasteiger partial charge in [0.25, 0.3) is 0 Å². The molecule has 0 bridgehead atoms. The van der Waals surface area contributed by atoms with Crippen molar-refractivity contribution in [2.45, 2.75) is 111 Å². The van der Waals surface area contributed by atoms with Gasteiger partial charge < -0.3 is 5.21 Å². The molecule has 2 nitrogen and oxygen atoms in total. The van der Waals surface area contributed by atoms with Crippen LogP contribution in [-0.2, 0) is 0 Å². The third-order valence-corrected chi connectivity index (χ3v) is 3.89. The lowest BCUT2D eigenvalue weighted by Crippen LogP contribution is -1.87. The zero-order valence-corrected chi connectivity index (χ0v) is 14.5. The summed E-state index contributed by atoms with van der Waals surface area (Å²) in [5.41, 5.74) is 0. The van der Waals surface area contributed by atoms with E-state index >= 15 is 0 Å². The molecule has 0 rings (SSSR count). The molecule has 0 spiro atoms. The maximum atomic E-state index is 6.50. The van der Waals surface area contributed by atoms with Crippen LogP contribution in [0.1, 0.15) is 111 Å². The Morgan fingerprint density at radius 3 is 1.20 bits per heavy atom. The molecule has 0 saturated carbocycles. The monoisotopic (exact) mass is 287 g/mol. The second-order valence-corrected chi connectivity index (χ2v) is 6.43. The van der Waals surface area contributed by atoms with E-state index < -0.39 is 0 Å². The van der Waals surface area contributed by atoms with Crippen LogP contribution < -0.4 is 5.90 Å². The van der Waals surface area contributed by atoms with E-state index in [1.807, 2.05) is 0 Å². The number of hydrogen-bond donors (Lipinski definition) is 2. The molecular weight excluding hydrogens is 246 g/mol. The van der Waals surface area contributed by atoms with Gasteiger partial charge >= 0.3 is 0 Å². The van der Waals surface area contributed by atoms with Gasteiger partial charge in [0.15, 0.2) is 0 Å². The molecule has 3 N–H and O–H groups in total. The predicted octanol–water partition coefficient (Wildman–Crippen LogP) is 6.46. The summed E-state index contributed by atoms with van der Waals surface area (Å²) in [7, 11) is 0. The first-order valence-electron chi connectivity index (χ1n) is 9.03. The van der Waals surface area contributed by atoms with Crippen molar-refractivity contribution in [3.8, 4) is 0 Å². The second kappa shape index (κ2) is 21.2. The Kier molecular flexibility index (Phi) is 23.6. The largest absolute Gasteiger partial charge is 0.320 e. The smallest absolute Gasteiger partial charge is 0.0471 e. The van der Waals surface area contributed by atoms with E-state index in [-0.39, 0.29) is 0 Å². The van der Waals surface area contributed by atoms with Crippen molar-refractivity contribution in [1.82, 2.24) is 0 Å². The van der Waals surface area contributed by atoms with Crippen molar-refractivity contribution in [3.05, 3.63) is 0 Å². The van der Waals surface area contributed by atoms with E-state index in [1.165, 1.54) is 89.9 Å². The van der Waals surface area contributed by atoms with Crippen LogP contribution in [-0.4, -0.2) is 5.21 Å². The zero-order valence-electron chi connectivity index (χ0n) is 14.5. The van der Waals surface area contributed by atoms with Crippen molar-refractivity contribution in [3.63, 3.8) is 0 Å². The van der Waals surface area contributed by atoms with E-state index in [0.29, 0.717) is 0 Å². The summed E-state index contributed by atoms with van der Waals surface area (Å²) in [6.07, 6.45) is 20.5. The minimum absolute atomic E-state index is 0.901. The molecule has 0 fully saturated rings. The van der Waals surface area contributed by atoms with Crippen molar-refractivity contribution in [2.24, 2.45) is 11.8 Å². The average Bonchev–Trinajstić information content (AvgIpc) is 2.46. The summed E-state index contributed by atoms with van der Waals surface area (Å²) >= 11 is 0. The molecular formula is C18H41NO. The molecule has 0 heterocycles. The van der Waals surface area contributed by atoms with Crippen LogP contribution in [0.2, 0.25) is 0 Å². The fraction of sp³-hybridized carbons (Fsp3) is 1.00. The molecule has 0 saturated heterocycles. The molecule has 0 aliphatic heterocycles. The lowest BCUT2D eigenvalue weighted by Gasteiger charge is -2.04. The number of hydrogen-bond acceptors (Lipinski definition) is 2. The van der Waals surface area contributed by atoms with Crippen LogP contribution in [0, 0.1) is 5.92 Å². The van der Waals surface area contributed by atoms with Crippen LogP contribution in [0.4, 0.5) is 0 Å². The normalized spacial score (nSPS) is 10.5. The first-order chi connectivity index (χ1) is 9.77. The molecule has 0 amide bonds. The standard InChI is InChI=1S/C18H38.H3NO/c1-4-5-6-7-8-9-10-11-12-13-14-15-16-17-18(2)3;1-2/h18H,4-17H2,1-3H3;2H,1H2. The highest BCUT2D eigenvalue weighted by Gasteiger charge is 1.95. The molecule has 124 valence electrons. The van der Waals surface area contributed by atoms with Gasteiger partial charge in [-0.15, -0.1) is 0 Å². The highest BCUT2D eigenvalue weighted by atomic mass is 16.4. The summed E-state index contributed by atoms with van der Waals surface area (Å²) in [5, 5.41) is 6.50. The SMILES string of the molecule is CCCCCCCCCCCCCCCC(C)C.NO. The third-order valence-electron chi connectivity index (χ3n) is 3.89. The Hall–Kier alpha value is -0.0800. The Labute approximate surface area is 128 Å². The summed E-state index contributed by atoms with van der Waals surface area (Å²) in [4.78, 5) is 0. The van der Waals surface area contributed by atoms with Crippen molar-refractivity contribution in [2.75, 3.05) is 0 Å². The molecule has 0 aliphatic carbocycles. The predicted molar refractivity (Wildman–Crippen MR) is 91.1 cm³/mol. The van der Waals surface area contributed by atoms with Crippen molar-refractivity contribution >= 4 is 0 Å². The van der Waals surface area contributed by atoms with E-state index in [0.717, 1.165) is 5.92 Å². The van der Waals surface area contributed by atoms with Gasteiger partial charge in [-0.25, -0.2) is 5.90 Å². The summed E-state index contributed by atoms with van der Waals surface area (Å²) in [6.45, 7) is 6.96. The summed E-state index contributed by atoms with van der Waals surface area (Å²) in [5.74, 6) is 4.40. The van der Waals surface area contributed by atoms with Gasteiger partial charge in [0.05, 0.1) is 0 Å². The van der Waals surface area contributed by atoms with E-state index in [4.69, 9.17) is 5.21 Å². The highest BCUT2D eigenvalue weighted by molar-refractivity contribution is 4.50. The first kappa shape index (κ1) is 22.2. The van der Waals surface area contributed by atoms with Crippen LogP contribution in [0.25, 0.3) is 0 Å². The lowest BCUT2D eigenvalue weighted by atomic mass is 10.0. The number of unbranched alkanes of at least 4 members (excludes halogenated alkanes) is 12. The highest BCUT2D eigenvalue weighted by Crippen LogP contribution is 2.14. The molecule has 20 heavy (non-hydrogen) atoms. The average molecular weight is 288 g/mol. The third kappa shape index (κ3) is 23.0. The molecule has 0 radical (unpaired) electrons. The van der Waals surface area contributed by atoms with Crippen LogP contribution in [0.3, 0.4) is 0 Å². The van der Waals surface area contributed by atoms with Crippen molar-refractivity contribution < 1.29 is 5.21 Å². The molecule has 2 heteroatoms. The van der Waals surface area contributed by atoms with Gasteiger partial charge in [-0.3, -0.25) is 0 Å². The maximum absolute atomic E-state index is 6.50. The van der Waals surface area contributed by atoms with Crippen LogP contribution in [0.5, 0.6) is 0 Å². The Bertz CT molecular complexity index is 148. The minimum atomic E-state index is 0.901. The summed E-state index contributed by atoms with van der Waals surface area (Å²) < 4.78 is 0. The quantitative estimate of drug-likeness (QED) is 0.284. The topological polar surface area (TPSA) is 46.2 Å². The Morgan fingerprint density at radius 1 is 0.600 bits per heavy atom. The lowest BCUT2D eigenvalue weighted by molar-refractivity contribution is 0.311. The van der Waals surface area contributed by atoms with Gasteiger partial charge in [0.1, 0.15) is 0 Å². The molecule has 0 atom stereocenters. The Balaban J connectivity index is 0. The molecule has 0 aliphatic rings. The minimum Gasteiger partial charge on any atom is -0.320 e. The number of rotatable bonds is 14. The molecule has 0 unspecified atom stereocenters. The first-order valence-corrected chi connectivity index (χ1v) is 9.03. The van der Waals surface area contributed by atoms with Gasteiger partial charge in [-0.05, 0) is 5.92 Å². The number of nitrogens with two attached hydrogens (primary N) is 1. The Morgan fingerprint density at radius 2 is 0.900 bits per heavy atom. The molecule has 0 aromatic carbocycles. The second-order valence-electron chi connectivity index (χ2n) is 6.43. The van der Waals surface area contributed by atoms with Crippen LogP contribution >= 0.6 is 0 Å². The van der Waals surface area contributed by atoms with Crippen LogP contribution in [0.15, 0.2) is 0 Å².